The number of nitrogens with zero attached hydrogens (tertiary/aromatic N) is 7. The second-order valence-electron chi connectivity index (χ2n) is 11.4. The molecule has 0 bridgehead atoms. The van der Waals surface area contributed by atoms with E-state index in [0.29, 0.717) is 48.3 Å². The summed E-state index contributed by atoms with van der Waals surface area (Å²) in [6.45, 7) is 12.0. The Morgan fingerprint density at radius 1 is 1.02 bits per heavy atom. The number of pyridine rings is 1. The molecule has 0 spiro atoms. The van der Waals surface area contributed by atoms with Crippen molar-refractivity contribution in [3.63, 3.8) is 0 Å². The summed E-state index contributed by atoms with van der Waals surface area (Å²) in [6, 6.07) is 6.21. The van der Waals surface area contributed by atoms with Crippen molar-refractivity contribution in [3.05, 3.63) is 69.4 Å². The number of halogens is 3. The maximum Gasteiger partial charge on any atom is 0.416 e. The normalized spacial score (nSPS) is 21.4. The Balaban J connectivity index is 1.57. The third kappa shape index (κ3) is 6.39. The van der Waals surface area contributed by atoms with E-state index in [1.807, 2.05) is 23.6 Å². The largest absolute Gasteiger partial charge is 0.416 e. The number of aromatic nitrogens is 3. The Labute approximate surface area is 259 Å². The highest BCUT2D eigenvalue weighted by molar-refractivity contribution is 7.91. The second kappa shape index (κ2) is 12.4. The van der Waals surface area contributed by atoms with Gasteiger partial charge in [0.2, 0.25) is 11.4 Å². The average Bonchev–Trinajstić information content (AvgIpc) is 3.02. The molecule has 2 fully saturated rings. The first-order valence-corrected chi connectivity index (χ1v) is 16.5. The van der Waals surface area contributed by atoms with Crippen LogP contribution in [0.1, 0.15) is 43.9 Å². The summed E-state index contributed by atoms with van der Waals surface area (Å²) in [6.07, 6.45) is -3.42. The van der Waals surface area contributed by atoms with E-state index in [0.717, 1.165) is 12.1 Å². The van der Waals surface area contributed by atoms with Crippen molar-refractivity contribution < 1.29 is 26.4 Å². The van der Waals surface area contributed by atoms with Gasteiger partial charge in [0, 0.05) is 45.3 Å². The highest BCUT2D eigenvalue weighted by atomic mass is 32.2. The molecule has 1 amide bonds. The molecule has 0 saturated carbocycles. The number of hydrogen-bond donors (Lipinski definition) is 0. The number of sulfone groups is 1. The Morgan fingerprint density at radius 2 is 1.67 bits per heavy atom. The van der Waals surface area contributed by atoms with Crippen LogP contribution in [0.15, 0.2) is 41.2 Å². The summed E-state index contributed by atoms with van der Waals surface area (Å²) in [5.41, 5.74) is -0.0284. The number of carbonyl (C=O) groups excluding carboxylic acids is 1. The number of piperazine rings is 1. The minimum Gasteiger partial charge on any atom is -0.361 e. The number of hydrogen-bond acceptors (Lipinski definition) is 8. The first kappa shape index (κ1) is 32.4. The number of anilines is 1. The first-order chi connectivity index (χ1) is 21.3. The molecule has 2 aliphatic rings. The Kier molecular flexibility index (Phi) is 8.92. The molecule has 0 aliphatic carbocycles. The molecule has 3 aromatic rings. The van der Waals surface area contributed by atoms with Crippen molar-refractivity contribution in [1.82, 2.24) is 24.3 Å². The van der Waals surface area contributed by atoms with Gasteiger partial charge in [-0.1, -0.05) is 32.6 Å². The van der Waals surface area contributed by atoms with Gasteiger partial charge in [0.25, 0.3) is 5.82 Å². The van der Waals surface area contributed by atoms with Crippen LogP contribution >= 0.6 is 0 Å². The fourth-order valence-electron chi connectivity index (χ4n) is 6.16. The zero-order valence-corrected chi connectivity index (χ0v) is 26.0. The van der Waals surface area contributed by atoms with Gasteiger partial charge in [-0.15, -0.1) is 4.98 Å². The predicted octanol–water partition coefficient (Wildman–Crippen LogP) is 3.58. The summed E-state index contributed by atoms with van der Waals surface area (Å²) in [4.78, 5) is 44.8. The van der Waals surface area contributed by atoms with E-state index in [1.165, 1.54) is 27.7 Å². The molecule has 11 nitrogen and oxygen atoms in total. The van der Waals surface area contributed by atoms with Gasteiger partial charge < -0.3 is 14.6 Å². The topological polar surface area (TPSA) is 113 Å². The van der Waals surface area contributed by atoms with Gasteiger partial charge in [0.1, 0.15) is 6.04 Å². The SMILES string of the molecule is [C-]#[N+]c1ccc2c(n1)c(N1C[C@@H](CC)N(C(C(=O)N3CCS(=O)(=O)CC3)c3ccc(C(F)(F)F)cc3)C[C@@H]1CC)nc(=O)n2C. The molecule has 240 valence electrons. The predicted molar refractivity (Wildman–Crippen MR) is 163 cm³/mol. The molecule has 2 aliphatic heterocycles. The lowest BCUT2D eigenvalue weighted by Gasteiger charge is -2.49. The van der Waals surface area contributed by atoms with Gasteiger partial charge in [-0.2, -0.15) is 18.2 Å². The van der Waals surface area contributed by atoms with E-state index in [1.54, 1.807) is 13.1 Å². The number of rotatable bonds is 6. The van der Waals surface area contributed by atoms with Crippen molar-refractivity contribution in [1.29, 1.82) is 0 Å². The number of aryl methyl sites for hydroxylation is 1. The third-order valence-corrected chi connectivity index (χ3v) is 10.4. The molecule has 2 saturated heterocycles. The first-order valence-electron chi connectivity index (χ1n) is 14.7. The number of carbonyl (C=O) groups is 1. The standard InChI is InChI=1S/C30H34F3N7O4S/c1-5-21-18-40(27-25-23(37(4)29(42)36-27)11-12-24(34-3)35-25)22(6-2)17-39(21)26(19-7-9-20(10-8-19)30(31,32)33)28(41)38-13-15-45(43,44)16-14-38/h7-12,21-22,26H,5-6,13-18H2,1-2,4H3/t21-,22+,26?/m1/s1. The highest BCUT2D eigenvalue weighted by Gasteiger charge is 2.43. The Hall–Kier alpha value is -4.03. The van der Waals surface area contributed by atoms with E-state index in [-0.39, 0.29) is 48.4 Å². The van der Waals surface area contributed by atoms with Gasteiger partial charge in [-0.3, -0.25) is 14.3 Å². The van der Waals surface area contributed by atoms with Crippen molar-refractivity contribution in [2.24, 2.45) is 7.05 Å². The molecule has 5 rings (SSSR count). The van der Waals surface area contributed by atoms with Gasteiger partial charge in [0.05, 0.1) is 22.6 Å². The summed E-state index contributed by atoms with van der Waals surface area (Å²) >= 11 is 0. The van der Waals surface area contributed by atoms with E-state index in [9.17, 15) is 31.2 Å². The van der Waals surface area contributed by atoms with Crippen molar-refractivity contribution >= 4 is 38.4 Å². The molecule has 45 heavy (non-hydrogen) atoms. The maximum atomic E-state index is 14.2. The molecule has 1 unspecified atom stereocenters. The van der Waals surface area contributed by atoms with Crippen molar-refractivity contribution in [2.75, 3.05) is 42.6 Å². The van der Waals surface area contributed by atoms with E-state index in [4.69, 9.17) is 6.57 Å². The molecule has 0 N–H and O–H groups in total. The quantitative estimate of drug-likeness (QED) is 0.374. The van der Waals surface area contributed by atoms with Crippen LogP contribution in [-0.2, 0) is 27.9 Å². The van der Waals surface area contributed by atoms with Crippen LogP contribution in [0.2, 0.25) is 0 Å². The fourth-order valence-corrected chi connectivity index (χ4v) is 7.36. The van der Waals surface area contributed by atoms with Crippen LogP contribution < -0.4 is 10.6 Å². The minimum absolute atomic E-state index is 0.00450. The molecule has 4 heterocycles. The van der Waals surface area contributed by atoms with Crippen LogP contribution in [0.3, 0.4) is 0 Å². The number of benzene rings is 1. The van der Waals surface area contributed by atoms with Gasteiger partial charge in [-0.25, -0.2) is 13.2 Å². The van der Waals surface area contributed by atoms with Gasteiger partial charge >= 0.3 is 11.9 Å². The molecule has 0 radical (unpaired) electrons. The lowest BCUT2D eigenvalue weighted by atomic mass is 9.94. The molecular formula is C30H34F3N7O4S. The number of amides is 1. The monoisotopic (exact) mass is 645 g/mol. The number of alkyl halides is 3. The molecular weight excluding hydrogens is 611 g/mol. The number of fused-ring (bicyclic) bond motifs is 1. The van der Waals surface area contributed by atoms with E-state index in [2.05, 4.69) is 14.8 Å². The van der Waals surface area contributed by atoms with Crippen molar-refractivity contribution in [3.8, 4) is 0 Å². The lowest BCUT2D eigenvalue weighted by Crippen LogP contribution is -2.61. The van der Waals surface area contributed by atoms with Gasteiger partial charge in [0.15, 0.2) is 15.7 Å². The van der Waals surface area contributed by atoms with Crippen LogP contribution in [-0.4, -0.2) is 88.4 Å². The zero-order valence-electron chi connectivity index (χ0n) is 25.2. The Morgan fingerprint density at radius 3 is 2.24 bits per heavy atom. The fraction of sp³-hybridized carbons (Fsp3) is 0.500. The summed E-state index contributed by atoms with van der Waals surface area (Å²) < 4.78 is 65.9. The van der Waals surface area contributed by atoms with E-state index >= 15 is 0 Å². The smallest absolute Gasteiger partial charge is 0.361 e. The maximum absolute atomic E-state index is 14.2. The molecule has 3 atom stereocenters. The minimum atomic E-state index is -4.55. The molecule has 2 aromatic heterocycles. The van der Waals surface area contributed by atoms with Gasteiger partial charge in [-0.05, 0) is 42.7 Å². The molecule has 1 aromatic carbocycles. The van der Waals surface area contributed by atoms with Crippen LogP contribution in [0, 0.1) is 6.57 Å². The highest BCUT2D eigenvalue weighted by Crippen LogP contribution is 2.37. The zero-order chi connectivity index (χ0) is 32.7. The summed E-state index contributed by atoms with van der Waals surface area (Å²) in [5, 5.41) is 0. The third-order valence-electron chi connectivity index (χ3n) is 8.76. The van der Waals surface area contributed by atoms with Crippen molar-refractivity contribution in [2.45, 2.75) is 51.0 Å². The second-order valence-corrected chi connectivity index (χ2v) is 13.7. The van der Waals surface area contributed by atoms with Crippen LogP contribution in [0.5, 0.6) is 0 Å². The van der Waals surface area contributed by atoms with Crippen LogP contribution in [0.4, 0.5) is 24.8 Å². The summed E-state index contributed by atoms with van der Waals surface area (Å²) in [7, 11) is -1.70. The Bertz CT molecular complexity index is 1790. The van der Waals surface area contributed by atoms with E-state index < -0.39 is 33.3 Å². The summed E-state index contributed by atoms with van der Waals surface area (Å²) in [5.74, 6) is -0.237. The molecule has 15 heteroatoms. The van der Waals surface area contributed by atoms with Crippen LogP contribution in [0.25, 0.3) is 15.9 Å². The lowest BCUT2D eigenvalue weighted by molar-refractivity contribution is -0.138. The average molecular weight is 646 g/mol.